The number of hydrogen-bond donors (Lipinski definition) is 4. The fraction of sp³-hybridized carbons (Fsp3) is 0.463. The summed E-state index contributed by atoms with van der Waals surface area (Å²) in [6, 6.07) is 13.2. The molecule has 0 bridgehead atoms. The molecule has 13 nitrogen and oxygen atoms in total. The van der Waals surface area contributed by atoms with E-state index in [0.29, 0.717) is 24.6 Å². The molecule has 284 valence electrons. The van der Waals surface area contributed by atoms with Gasteiger partial charge in [-0.25, -0.2) is 19.7 Å². The molecule has 5 N–H and O–H groups in total. The zero-order valence-corrected chi connectivity index (χ0v) is 31.8. The summed E-state index contributed by atoms with van der Waals surface area (Å²) in [7, 11) is 1.30. The van der Waals surface area contributed by atoms with Crippen molar-refractivity contribution in [1.82, 2.24) is 40.0 Å². The number of ether oxygens (including phenoxy) is 1. The number of aromatic nitrogens is 5. The summed E-state index contributed by atoms with van der Waals surface area (Å²) < 4.78 is 4.81. The normalized spacial score (nSPS) is 19.6. The number of pyridine rings is 1. The van der Waals surface area contributed by atoms with Crippen molar-refractivity contribution in [2.24, 2.45) is 17.6 Å². The maximum Gasteiger partial charge on any atom is 0.407 e. The van der Waals surface area contributed by atoms with Gasteiger partial charge in [-0.1, -0.05) is 64.8 Å². The van der Waals surface area contributed by atoms with Gasteiger partial charge in [0.15, 0.2) is 5.65 Å². The number of likely N-dealkylation sites (tertiary alicyclic amines) is 2. The third-order valence-electron chi connectivity index (χ3n) is 11.6. The molecule has 13 heteroatoms. The van der Waals surface area contributed by atoms with E-state index in [1.807, 2.05) is 43.0 Å². The van der Waals surface area contributed by atoms with Crippen LogP contribution in [0.5, 0.6) is 0 Å². The van der Waals surface area contributed by atoms with Gasteiger partial charge >= 0.3 is 6.09 Å². The van der Waals surface area contributed by atoms with Crippen LogP contribution in [0.25, 0.3) is 44.3 Å². The van der Waals surface area contributed by atoms with Gasteiger partial charge in [-0.15, -0.1) is 0 Å². The van der Waals surface area contributed by atoms with E-state index in [-0.39, 0.29) is 35.7 Å². The van der Waals surface area contributed by atoms with E-state index < -0.39 is 18.2 Å². The van der Waals surface area contributed by atoms with Crippen molar-refractivity contribution in [2.45, 2.75) is 90.4 Å². The number of nitrogens with zero attached hydrogens (tertiary/aromatic N) is 5. The van der Waals surface area contributed by atoms with Crippen LogP contribution < -0.4 is 11.1 Å². The number of methoxy groups -OCH3 is 1. The molecule has 3 aromatic heterocycles. The first-order valence-corrected chi connectivity index (χ1v) is 19.3. The molecule has 2 aliphatic rings. The first kappa shape index (κ1) is 37.0. The molecule has 2 fully saturated rings. The number of hydrogen-bond acceptors (Lipinski definition) is 8. The van der Waals surface area contributed by atoms with Gasteiger partial charge in [-0.3, -0.25) is 9.59 Å². The SMILES string of the molecule is CC[C@H](C)[C@H](N)C(=O)N1CCC[C@H]1c1ncc(-c2ccc3cc(-c4cnc5nc([C@@H]6CCCN6C(=O)[C@@H](NC(=O)OC)[C@@H](C)CC)[nH]c5c4)ccc3c2)[nH]1. The topological polar surface area (TPSA) is 175 Å². The highest BCUT2D eigenvalue weighted by atomic mass is 16.5. The lowest BCUT2D eigenvalue weighted by Gasteiger charge is -2.30. The van der Waals surface area contributed by atoms with Crippen LogP contribution in [-0.4, -0.2) is 84.9 Å². The molecule has 5 heterocycles. The van der Waals surface area contributed by atoms with E-state index >= 15 is 0 Å². The van der Waals surface area contributed by atoms with Crippen molar-refractivity contribution in [3.63, 3.8) is 0 Å². The number of nitrogens with one attached hydrogen (secondary N) is 3. The molecule has 0 aliphatic carbocycles. The van der Waals surface area contributed by atoms with Crippen LogP contribution in [0, 0.1) is 11.8 Å². The van der Waals surface area contributed by atoms with Gasteiger partial charge in [-0.05, 0) is 72.1 Å². The largest absolute Gasteiger partial charge is 0.453 e. The Morgan fingerprint density at radius 3 is 2.17 bits per heavy atom. The lowest BCUT2D eigenvalue weighted by molar-refractivity contribution is -0.136. The summed E-state index contributed by atoms with van der Waals surface area (Å²) >= 11 is 0. The number of amides is 3. The number of carbonyl (C=O) groups excluding carboxylic acids is 3. The Balaban J connectivity index is 1.08. The van der Waals surface area contributed by atoms with E-state index in [9.17, 15) is 14.4 Å². The Morgan fingerprint density at radius 1 is 0.833 bits per heavy atom. The predicted octanol–water partition coefficient (Wildman–Crippen LogP) is 6.64. The maximum atomic E-state index is 13.8. The number of rotatable bonds is 11. The van der Waals surface area contributed by atoms with E-state index in [1.54, 1.807) is 0 Å². The fourth-order valence-corrected chi connectivity index (χ4v) is 7.85. The molecule has 0 radical (unpaired) electrons. The predicted molar refractivity (Wildman–Crippen MR) is 208 cm³/mol. The molecule has 54 heavy (non-hydrogen) atoms. The van der Waals surface area contributed by atoms with Gasteiger partial charge in [0.1, 0.15) is 17.7 Å². The van der Waals surface area contributed by atoms with Gasteiger partial charge < -0.3 is 35.6 Å². The molecule has 6 atom stereocenters. The van der Waals surface area contributed by atoms with Crippen LogP contribution in [0.1, 0.15) is 90.0 Å². The first-order valence-electron chi connectivity index (χ1n) is 19.3. The van der Waals surface area contributed by atoms with Crippen molar-refractivity contribution < 1.29 is 19.1 Å². The van der Waals surface area contributed by atoms with Gasteiger partial charge in [0, 0.05) is 30.4 Å². The standard InChI is InChI=1S/C41H51N9O4/c1-6-23(3)34(42)39(51)49-16-8-10-32(49)37-44-22-31(46-37)28-15-14-25-18-27(13-12-26(25)19-28)29-20-30-36(43-21-29)48-38(45-30)33-11-9-17-50(33)40(52)35(24(4)7-2)47-41(53)54-5/h12-15,18-24,32-35H,6-11,16-17,42H2,1-5H3,(H,44,46)(H,47,53)(H,43,45,48)/t23-,24-,32-,33-,34-,35-/m0/s1. The zero-order chi connectivity index (χ0) is 38.1. The Hall–Kier alpha value is -5.30. The summed E-state index contributed by atoms with van der Waals surface area (Å²) in [6.45, 7) is 9.33. The van der Waals surface area contributed by atoms with E-state index in [0.717, 1.165) is 83.0 Å². The van der Waals surface area contributed by atoms with Gasteiger partial charge in [0.25, 0.3) is 0 Å². The minimum atomic E-state index is -0.683. The number of H-pyrrole nitrogens is 2. The number of fused-ring (bicyclic) bond motifs is 2. The van der Waals surface area contributed by atoms with Crippen LogP contribution in [-0.2, 0) is 14.3 Å². The smallest absolute Gasteiger partial charge is 0.407 e. The summed E-state index contributed by atoms with van der Waals surface area (Å²) in [5.41, 5.74) is 11.6. The maximum absolute atomic E-state index is 13.8. The van der Waals surface area contributed by atoms with Crippen LogP contribution in [0.4, 0.5) is 4.79 Å². The molecule has 2 aromatic carbocycles. The molecular formula is C41H51N9O4. The van der Waals surface area contributed by atoms with Crippen molar-refractivity contribution >= 4 is 39.8 Å². The molecule has 0 unspecified atom stereocenters. The molecule has 3 amide bonds. The molecule has 5 aromatic rings. The average Bonchev–Trinajstić information content (AvgIpc) is 4.04. The Kier molecular flexibility index (Phi) is 10.7. The number of nitrogens with two attached hydrogens (primary N) is 1. The van der Waals surface area contributed by atoms with Crippen LogP contribution >= 0.6 is 0 Å². The molecule has 7 rings (SSSR count). The Labute approximate surface area is 315 Å². The molecule has 2 aliphatic heterocycles. The number of alkyl carbamates (subject to hydrolysis) is 1. The zero-order valence-electron chi connectivity index (χ0n) is 31.8. The van der Waals surface area contributed by atoms with Gasteiger partial charge in [0.2, 0.25) is 11.8 Å². The van der Waals surface area contributed by atoms with Crippen molar-refractivity contribution in [3.05, 3.63) is 66.5 Å². The lowest BCUT2D eigenvalue weighted by atomic mass is 9.97. The Bertz CT molecular complexity index is 2160. The van der Waals surface area contributed by atoms with E-state index in [4.69, 9.17) is 25.4 Å². The fourth-order valence-electron chi connectivity index (χ4n) is 7.85. The summed E-state index contributed by atoms with van der Waals surface area (Å²) in [5, 5.41) is 4.93. The van der Waals surface area contributed by atoms with Crippen molar-refractivity contribution in [2.75, 3.05) is 20.2 Å². The van der Waals surface area contributed by atoms with E-state index in [1.165, 1.54) is 7.11 Å². The lowest BCUT2D eigenvalue weighted by Crippen LogP contribution is -2.51. The van der Waals surface area contributed by atoms with Crippen molar-refractivity contribution in [3.8, 4) is 22.4 Å². The highest BCUT2D eigenvalue weighted by Gasteiger charge is 2.39. The molecular weight excluding hydrogens is 683 g/mol. The number of imidazole rings is 2. The molecule has 0 spiro atoms. The first-order chi connectivity index (χ1) is 26.1. The second-order valence-electron chi connectivity index (χ2n) is 15.0. The summed E-state index contributed by atoms with van der Waals surface area (Å²) in [4.78, 5) is 64.0. The van der Waals surface area contributed by atoms with Crippen LogP contribution in [0.2, 0.25) is 0 Å². The minimum absolute atomic E-state index is 0.00241. The van der Waals surface area contributed by atoms with Gasteiger partial charge in [-0.2, -0.15) is 0 Å². The second kappa shape index (κ2) is 15.6. The molecule has 2 saturated heterocycles. The number of benzene rings is 2. The quantitative estimate of drug-likeness (QED) is 0.117. The third-order valence-corrected chi connectivity index (χ3v) is 11.6. The van der Waals surface area contributed by atoms with E-state index in [2.05, 4.69) is 64.7 Å². The monoisotopic (exact) mass is 733 g/mol. The minimum Gasteiger partial charge on any atom is -0.453 e. The van der Waals surface area contributed by atoms with Crippen LogP contribution in [0.15, 0.2) is 54.9 Å². The third kappa shape index (κ3) is 7.16. The van der Waals surface area contributed by atoms with Gasteiger partial charge in [0.05, 0.1) is 42.6 Å². The number of carbonyl (C=O) groups is 3. The summed E-state index contributed by atoms with van der Waals surface area (Å²) in [5.74, 6) is 1.42. The average molecular weight is 734 g/mol. The Morgan fingerprint density at radius 2 is 1.48 bits per heavy atom. The number of aromatic amines is 2. The highest BCUT2D eigenvalue weighted by molar-refractivity contribution is 5.91. The molecule has 0 saturated carbocycles. The van der Waals surface area contributed by atoms with Crippen LogP contribution in [0.3, 0.4) is 0 Å². The second-order valence-corrected chi connectivity index (χ2v) is 15.0. The highest BCUT2D eigenvalue weighted by Crippen LogP contribution is 2.35. The summed E-state index contributed by atoms with van der Waals surface area (Å²) in [6.07, 6.45) is 8.06. The van der Waals surface area contributed by atoms with Crippen molar-refractivity contribution in [1.29, 1.82) is 0 Å².